The maximum Gasteiger partial charge on any atom is -0.00258 e. The molecule has 3 rings (SSSR count). The molecule has 0 N–H and O–H groups in total. The molecule has 0 nitrogen and oxygen atoms in total. The minimum atomic E-state index is 0.205. The van der Waals surface area contributed by atoms with E-state index in [1.807, 2.05) is 0 Å². The molecule has 0 unspecified atom stereocenters. The van der Waals surface area contributed by atoms with Gasteiger partial charge in [-0.15, -0.1) is 0 Å². The van der Waals surface area contributed by atoms with Crippen LogP contribution in [0.25, 0.3) is 5.57 Å². The third-order valence-electron chi connectivity index (χ3n) is 4.93. The van der Waals surface area contributed by atoms with Crippen LogP contribution in [0.3, 0.4) is 0 Å². The van der Waals surface area contributed by atoms with Crippen LogP contribution in [0.2, 0.25) is 0 Å². The van der Waals surface area contributed by atoms with E-state index in [-0.39, 0.29) is 5.41 Å². The molecular weight excluding hydrogens is 312 g/mol. The quantitative estimate of drug-likeness (QED) is 0.482. The molecule has 3 aromatic carbocycles. The zero-order valence-electron chi connectivity index (χ0n) is 16.3. The Morgan fingerprint density at radius 2 is 1.12 bits per heavy atom. The van der Waals surface area contributed by atoms with Crippen molar-refractivity contribution in [2.75, 3.05) is 0 Å². The highest BCUT2D eigenvalue weighted by Gasteiger charge is 2.12. The van der Waals surface area contributed by atoms with Crippen LogP contribution in [0.4, 0.5) is 0 Å². The molecule has 0 heterocycles. The summed E-state index contributed by atoms with van der Waals surface area (Å²) < 4.78 is 0. The molecule has 0 saturated carbocycles. The van der Waals surface area contributed by atoms with Crippen LogP contribution >= 0.6 is 0 Å². The average molecular weight is 341 g/mol. The lowest BCUT2D eigenvalue weighted by Crippen LogP contribution is -2.10. The van der Waals surface area contributed by atoms with Crippen molar-refractivity contribution in [2.45, 2.75) is 39.5 Å². The molecule has 0 saturated heterocycles. The van der Waals surface area contributed by atoms with Crippen molar-refractivity contribution in [3.63, 3.8) is 0 Å². The van der Waals surface area contributed by atoms with E-state index in [0.29, 0.717) is 0 Å². The first-order valence-electron chi connectivity index (χ1n) is 9.27. The summed E-state index contributed by atoms with van der Waals surface area (Å²) in [6.45, 7) is 13.1. The molecule has 26 heavy (non-hydrogen) atoms. The molecule has 3 aromatic rings. The van der Waals surface area contributed by atoms with Gasteiger partial charge in [-0.05, 0) is 52.1 Å². The van der Waals surface area contributed by atoms with Crippen LogP contribution in [0, 0.1) is 6.92 Å². The van der Waals surface area contributed by atoms with Crippen LogP contribution < -0.4 is 0 Å². The standard InChI is InChI=1S/C26H28/c1-19-6-12-23(13-7-19)20(2)24-14-8-21(9-15-24)18-22-10-16-25(17-11-22)26(3,4)5/h6-17H,2,18H2,1,3-5H3. The van der Waals surface area contributed by atoms with Gasteiger partial charge in [0, 0.05) is 0 Å². The maximum atomic E-state index is 4.27. The third kappa shape index (κ3) is 4.32. The Balaban J connectivity index is 1.71. The number of hydrogen-bond acceptors (Lipinski definition) is 0. The van der Waals surface area contributed by atoms with Crippen LogP contribution in [0.1, 0.15) is 54.2 Å². The Hall–Kier alpha value is -2.60. The predicted octanol–water partition coefficient (Wildman–Crippen LogP) is 6.94. The van der Waals surface area contributed by atoms with Crippen LogP contribution in [-0.2, 0) is 11.8 Å². The summed E-state index contributed by atoms with van der Waals surface area (Å²) >= 11 is 0. The minimum Gasteiger partial charge on any atom is -0.0906 e. The first kappa shape index (κ1) is 18.2. The Kier molecular flexibility index (Phi) is 5.13. The highest BCUT2D eigenvalue weighted by molar-refractivity contribution is 5.78. The van der Waals surface area contributed by atoms with Crippen molar-refractivity contribution >= 4 is 5.57 Å². The fourth-order valence-electron chi connectivity index (χ4n) is 3.10. The van der Waals surface area contributed by atoms with Gasteiger partial charge < -0.3 is 0 Å². The van der Waals surface area contributed by atoms with Gasteiger partial charge in [-0.1, -0.05) is 106 Å². The van der Waals surface area contributed by atoms with Gasteiger partial charge in [0.2, 0.25) is 0 Å². The number of aryl methyl sites for hydroxylation is 1. The molecule has 132 valence electrons. The van der Waals surface area contributed by atoms with Crippen molar-refractivity contribution in [2.24, 2.45) is 0 Å². The summed E-state index contributed by atoms with van der Waals surface area (Å²) in [7, 11) is 0. The predicted molar refractivity (Wildman–Crippen MR) is 114 cm³/mol. The summed E-state index contributed by atoms with van der Waals surface area (Å²) in [5.41, 5.74) is 8.97. The highest BCUT2D eigenvalue weighted by Crippen LogP contribution is 2.24. The average Bonchev–Trinajstić information content (AvgIpc) is 2.62. The second-order valence-corrected chi connectivity index (χ2v) is 8.17. The molecule has 0 spiro atoms. The molecule has 0 heteroatoms. The summed E-state index contributed by atoms with van der Waals surface area (Å²) in [6, 6.07) is 26.4. The van der Waals surface area contributed by atoms with Crippen LogP contribution in [0.5, 0.6) is 0 Å². The zero-order valence-corrected chi connectivity index (χ0v) is 16.3. The lowest BCUT2D eigenvalue weighted by Gasteiger charge is -2.19. The second kappa shape index (κ2) is 7.33. The normalized spacial score (nSPS) is 11.4. The molecule has 0 atom stereocenters. The second-order valence-electron chi connectivity index (χ2n) is 8.17. The first-order chi connectivity index (χ1) is 12.3. The number of rotatable bonds is 4. The molecule has 0 aliphatic heterocycles. The van der Waals surface area contributed by atoms with E-state index < -0.39 is 0 Å². The summed E-state index contributed by atoms with van der Waals surface area (Å²) in [4.78, 5) is 0. The highest BCUT2D eigenvalue weighted by atomic mass is 14.2. The Labute approximate surface area is 158 Å². The molecule has 0 aliphatic rings. The molecule has 0 radical (unpaired) electrons. The topological polar surface area (TPSA) is 0 Å². The lowest BCUT2D eigenvalue weighted by molar-refractivity contribution is 0.590. The third-order valence-corrected chi connectivity index (χ3v) is 4.93. The molecule has 0 aromatic heterocycles. The summed E-state index contributed by atoms with van der Waals surface area (Å²) in [6.07, 6.45) is 0.960. The number of hydrogen-bond donors (Lipinski definition) is 0. The fourth-order valence-corrected chi connectivity index (χ4v) is 3.10. The SMILES string of the molecule is C=C(c1ccc(C)cc1)c1ccc(Cc2ccc(C(C)(C)C)cc2)cc1. The fraction of sp³-hybridized carbons (Fsp3) is 0.231. The van der Waals surface area contributed by atoms with Crippen molar-refractivity contribution in [3.8, 4) is 0 Å². The Morgan fingerprint density at radius 1 is 0.692 bits per heavy atom. The van der Waals surface area contributed by atoms with E-state index in [4.69, 9.17) is 0 Å². The summed E-state index contributed by atoms with van der Waals surface area (Å²) in [5.74, 6) is 0. The van der Waals surface area contributed by atoms with Gasteiger partial charge in [-0.3, -0.25) is 0 Å². The maximum absolute atomic E-state index is 4.27. The monoisotopic (exact) mass is 340 g/mol. The molecule has 0 aliphatic carbocycles. The Bertz CT molecular complexity index is 871. The van der Waals surface area contributed by atoms with Crippen LogP contribution in [-0.4, -0.2) is 0 Å². The van der Waals surface area contributed by atoms with E-state index in [1.54, 1.807) is 0 Å². The Morgan fingerprint density at radius 3 is 1.58 bits per heavy atom. The minimum absolute atomic E-state index is 0.205. The van der Waals surface area contributed by atoms with Crippen molar-refractivity contribution in [3.05, 3.63) is 113 Å². The van der Waals surface area contributed by atoms with E-state index in [0.717, 1.165) is 12.0 Å². The molecular formula is C26H28. The molecule has 0 amide bonds. The number of benzene rings is 3. The largest absolute Gasteiger partial charge is 0.0906 e. The molecule has 0 fully saturated rings. The lowest BCUT2D eigenvalue weighted by atomic mass is 9.86. The van der Waals surface area contributed by atoms with Crippen molar-refractivity contribution in [1.82, 2.24) is 0 Å². The van der Waals surface area contributed by atoms with Crippen LogP contribution in [0.15, 0.2) is 79.4 Å². The van der Waals surface area contributed by atoms with Crippen molar-refractivity contribution < 1.29 is 0 Å². The van der Waals surface area contributed by atoms with Gasteiger partial charge in [-0.25, -0.2) is 0 Å². The zero-order chi connectivity index (χ0) is 18.7. The van der Waals surface area contributed by atoms with Gasteiger partial charge in [0.1, 0.15) is 0 Å². The van der Waals surface area contributed by atoms with Gasteiger partial charge >= 0.3 is 0 Å². The van der Waals surface area contributed by atoms with Gasteiger partial charge in [0.25, 0.3) is 0 Å². The van der Waals surface area contributed by atoms with Gasteiger partial charge in [-0.2, -0.15) is 0 Å². The van der Waals surface area contributed by atoms with E-state index in [1.165, 1.54) is 33.4 Å². The smallest absolute Gasteiger partial charge is 0.00258 e. The van der Waals surface area contributed by atoms with Gasteiger partial charge in [0.05, 0.1) is 0 Å². The summed E-state index contributed by atoms with van der Waals surface area (Å²) in [5, 5.41) is 0. The van der Waals surface area contributed by atoms with E-state index in [2.05, 4.69) is 107 Å². The first-order valence-corrected chi connectivity index (χ1v) is 9.27. The van der Waals surface area contributed by atoms with Gasteiger partial charge in [0.15, 0.2) is 0 Å². The van der Waals surface area contributed by atoms with Crippen molar-refractivity contribution in [1.29, 1.82) is 0 Å². The van der Waals surface area contributed by atoms with E-state index >= 15 is 0 Å². The molecule has 0 bridgehead atoms. The van der Waals surface area contributed by atoms with E-state index in [9.17, 15) is 0 Å².